The maximum Gasteiger partial charge on any atom is 0.339 e. The van der Waals surface area contributed by atoms with E-state index >= 15 is 0 Å². The van der Waals surface area contributed by atoms with Crippen molar-refractivity contribution in [1.29, 1.82) is 0 Å². The maximum absolute atomic E-state index is 11.4. The van der Waals surface area contributed by atoms with Crippen LogP contribution in [0.25, 0.3) is 0 Å². The zero-order valence-electron chi connectivity index (χ0n) is 10.8. The summed E-state index contributed by atoms with van der Waals surface area (Å²) >= 11 is 1.54. The number of hydrogen-bond donors (Lipinski definition) is 1. The van der Waals surface area contributed by atoms with Crippen LogP contribution >= 0.6 is 24.1 Å². The van der Waals surface area contributed by atoms with Gasteiger partial charge in [-0.25, -0.2) is 4.79 Å². The molecule has 0 aliphatic heterocycles. The molecule has 0 aliphatic rings. The normalized spacial score (nSPS) is 12.2. The predicted octanol–water partition coefficient (Wildman–Crippen LogP) is 0.675. The Morgan fingerprint density at radius 3 is 2.05 bits per heavy atom. The zero-order chi connectivity index (χ0) is 14.2. The maximum atomic E-state index is 11.4. The Morgan fingerprint density at radius 1 is 1.16 bits per heavy atom. The average molecular weight is 341 g/mol. The second-order valence-electron chi connectivity index (χ2n) is 2.88. The van der Waals surface area contributed by atoms with Crippen LogP contribution in [0.1, 0.15) is 20.3 Å². The molecule has 0 saturated carbocycles. The SMILES string of the molecule is CCSOC(=O)CC(C(=O)OSCC)S(=O)(=O)O.[Na]. The summed E-state index contributed by atoms with van der Waals surface area (Å²) in [4.78, 5) is 22.6. The molecule has 0 aliphatic carbocycles. The summed E-state index contributed by atoms with van der Waals surface area (Å²) in [6, 6.07) is 0. The van der Waals surface area contributed by atoms with Crippen LogP contribution < -0.4 is 0 Å². The summed E-state index contributed by atoms with van der Waals surface area (Å²) < 4.78 is 39.9. The van der Waals surface area contributed by atoms with Gasteiger partial charge >= 0.3 is 11.9 Å². The molecular formula is C8H14NaO7S3. The largest absolute Gasteiger partial charge is 0.391 e. The molecule has 0 rings (SSSR count). The fourth-order valence-electron chi connectivity index (χ4n) is 0.791. The van der Waals surface area contributed by atoms with Crippen molar-refractivity contribution in [3.8, 4) is 0 Å². The van der Waals surface area contributed by atoms with Crippen LogP contribution in [0.2, 0.25) is 0 Å². The second-order valence-corrected chi connectivity index (χ2v) is 6.44. The van der Waals surface area contributed by atoms with Crippen molar-refractivity contribution in [3.05, 3.63) is 0 Å². The summed E-state index contributed by atoms with van der Waals surface area (Å²) in [5.41, 5.74) is 0. The van der Waals surface area contributed by atoms with Crippen LogP contribution in [0.5, 0.6) is 0 Å². The summed E-state index contributed by atoms with van der Waals surface area (Å²) in [5.74, 6) is -1.20. The molecule has 0 fully saturated rings. The first-order valence-electron chi connectivity index (χ1n) is 4.94. The van der Waals surface area contributed by atoms with Gasteiger partial charge in [-0.2, -0.15) is 8.42 Å². The molecule has 11 heteroatoms. The Hall–Kier alpha value is 0.550. The Kier molecular flexibility index (Phi) is 12.9. The third-order valence-corrected chi connectivity index (χ3v) is 3.64. The Bertz CT molecular complexity index is 384. The number of rotatable bonds is 8. The van der Waals surface area contributed by atoms with Gasteiger partial charge < -0.3 is 8.37 Å². The standard InChI is InChI=1S/C8H14O7S3.Na/c1-3-16-14-7(9)5-6(18(11,12)13)8(10)15-17-4-2;/h6H,3-5H2,1-2H3,(H,11,12,13);. The molecule has 0 spiro atoms. The van der Waals surface area contributed by atoms with Gasteiger partial charge in [0.1, 0.15) is 0 Å². The Balaban J connectivity index is 0. The van der Waals surface area contributed by atoms with E-state index in [-0.39, 0.29) is 29.6 Å². The van der Waals surface area contributed by atoms with E-state index in [9.17, 15) is 18.0 Å². The van der Waals surface area contributed by atoms with Gasteiger partial charge in [0.2, 0.25) is 0 Å². The van der Waals surface area contributed by atoms with Gasteiger partial charge in [0.15, 0.2) is 5.25 Å². The number of carbonyl (C=O) groups is 2. The van der Waals surface area contributed by atoms with Crippen LogP contribution in [-0.4, -0.2) is 71.2 Å². The average Bonchev–Trinajstić information content (AvgIpc) is 2.28. The van der Waals surface area contributed by atoms with Crippen LogP contribution in [-0.2, 0) is 28.1 Å². The van der Waals surface area contributed by atoms with E-state index in [1.165, 1.54) is 0 Å². The van der Waals surface area contributed by atoms with Crippen molar-refractivity contribution in [2.75, 3.05) is 11.5 Å². The van der Waals surface area contributed by atoms with Gasteiger partial charge in [0.05, 0.1) is 30.5 Å². The summed E-state index contributed by atoms with van der Waals surface area (Å²) in [6.07, 6.45) is -0.783. The molecule has 0 bridgehead atoms. The van der Waals surface area contributed by atoms with Crippen molar-refractivity contribution >= 4 is 75.7 Å². The smallest absolute Gasteiger partial charge is 0.339 e. The second kappa shape index (κ2) is 11.2. The first-order chi connectivity index (χ1) is 8.32. The minimum Gasteiger partial charge on any atom is -0.391 e. The monoisotopic (exact) mass is 341 g/mol. The van der Waals surface area contributed by atoms with E-state index in [2.05, 4.69) is 8.37 Å². The Labute approximate surface area is 143 Å². The zero-order valence-corrected chi connectivity index (χ0v) is 15.3. The molecule has 0 amide bonds. The molecular weight excluding hydrogens is 327 g/mol. The molecule has 107 valence electrons. The molecule has 0 aromatic heterocycles. The topological polar surface area (TPSA) is 107 Å². The van der Waals surface area contributed by atoms with Gasteiger partial charge in [-0.05, 0) is 0 Å². The molecule has 1 unspecified atom stereocenters. The minimum atomic E-state index is -4.71. The van der Waals surface area contributed by atoms with Crippen molar-refractivity contribution in [1.82, 2.24) is 0 Å². The molecule has 7 nitrogen and oxygen atoms in total. The Morgan fingerprint density at radius 2 is 1.63 bits per heavy atom. The van der Waals surface area contributed by atoms with Crippen LogP contribution in [0.4, 0.5) is 0 Å². The molecule has 1 atom stereocenters. The van der Waals surface area contributed by atoms with Gasteiger partial charge in [-0.3, -0.25) is 9.35 Å². The van der Waals surface area contributed by atoms with E-state index in [4.69, 9.17) is 4.55 Å². The van der Waals surface area contributed by atoms with E-state index < -0.39 is 33.7 Å². The fourth-order valence-corrected chi connectivity index (χ4v) is 2.16. The molecule has 19 heavy (non-hydrogen) atoms. The number of carbonyl (C=O) groups excluding carboxylic acids is 2. The quantitative estimate of drug-likeness (QED) is 0.387. The number of hydrogen-bond acceptors (Lipinski definition) is 8. The summed E-state index contributed by atoms with van der Waals surface area (Å²) in [7, 11) is -4.71. The third kappa shape index (κ3) is 9.99. The summed E-state index contributed by atoms with van der Waals surface area (Å²) in [6.45, 7) is 3.41. The van der Waals surface area contributed by atoms with E-state index in [0.717, 1.165) is 24.1 Å². The van der Waals surface area contributed by atoms with Gasteiger partial charge in [0.25, 0.3) is 10.1 Å². The fraction of sp³-hybridized carbons (Fsp3) is 0.750. The van der Waals surface area contributed by atoms with Crippen molar-refractivity contribution < 1.29 is 30.9 Å². The summed E-state index contributed by atoms with van der Waals surface area (Å²) in [5, 5.41) is -1.96. The van der Waals surface area contributed by atoms with Crippen molar-refractivity contribution in [3.63, 3.8) is 0 Å². The van der Waals surface area contributed by atoms with E-state index in [1.807, 2.05) is 0 Å². The molecule has 0 heterocycles. The van der Waals surface area contributed by atoms with E-state index in [1.54, 1.807) is 13.8 Å². The molecule has 0 aromatic rings. The van der Waals surface area contributed by atoms with Crippen LogP contribution in [0.15, 0.2) is 0 Å². The van der Waals surface area contributed by atoms with Gasteiger partial charge in [-0.15, -0.1) is 0 Å². The molecule has 1 radical (unpaired) electrons. The predicted molar refractivity (Wildman–Crippen MR) is 74.2 cm³/mol. The molecule has 1 N–H and O–H groups in total. The van der Waals surface area contributed by atoms with Crippen molar-refractivity contribution in [2.24, 2.45) is 0 Å². The van der Waals surface area contributed by atoms with E-state index in [0.29, 0.717) is 11.5 Å². The van der Waals surface area contributed by atoms with Crippen LogP contribution in [0, 0.1) is 0 Å². The first-order valence-corrected chi connectivity index (χ1v) is 8.27. The van der Waals surface area contributed by atoms with Crippen LogP contribution in [0.3, 0.4) is 0 Å². The van der Waals surface area contributed by atoms with Crippen molar-refractivity contribution in [2.45, 2.75) is 25.5 Å². The third-order valence-electron chi connectivity index (χ3n) is 1.50. The first kappa shape index (κ1) is 21.8. The molecule has 0 aromatic carbocycles. The van der Waals surface area contributed by atoms with Gasteiger partial charge in [-0.1, -0.05) is 13.8 Å². The molecule has 0 saturated heterocycles. The minimum absolute atomic E-state index is 0. The van der Waals surface area contributed by atoms with Gasteiger partial charge in [0, 0.05) is 41.1 Å².